The highest BCUT2D eigenvalue weighted by atomic mass is 19.1. The lowest BCUT2D eigenvalue weighted by molar-refractivity contribution is 0.0526. The summed E-state index contributed by atoms with van der Waals surface area (Å²) in [6.45, 7) is 2.09. The van der Waals surface area contributed by atoms with Crippen LogP contribution in [0.1, 0.15) is 17.3 Å². The van der Waals surface area contributed by atoms with Crippen LogP contribution in [0.3, 0.4) is 0 Å². The van der Waals surface area contributed by atoms with E-state index in [4.69, 9.17) is 10.5 Å². The third kappa shape index (κ3) is 2.91. The molecule has 2 aromatic rings. The van der Waals surface area contributed by atoms with Gasteiger partial charge in [-0.25, -0.2) is 9.18 Å². The first-order valence-corrected chi connectivity index (χ1v) is 5.94. The van der Waals surface area contributed by atoms with Crippen LogP contribution in [0.5, 0.6) is 0 Å². The molecule has 0 saturated carbocycles. The van der Waals surface area contributed by atoms with Crippen molar-refractivity contribution in [1.82, 2.24) is 0 Å². The highest BCUT2D eigenvalue weighted by molar-refractivity contribution is 5.90. The predicted molar refractivity (Wildman–Crippen MR) is 72.2 cm³/mol. The van der Waals surface area contributed by atoms with E-state index in [9.17, 15) is 9.18 Å². The minimum Gasteiger partial charge on any atom is -0.462 e. The Morgan fingerprint density at radius 3 is 2.37 bits per heavy atom. The molecule has 0 fully saturated rings. The van der Waals surface area contributed by atoms with Crippen molar-refractivity contribution in [2.75, 3.05) is 12.3 Å². The van der Waals surface area contributed by atoms with Gasteiger partial charge in [-0.1, -0.05) is 18.2 Å². The molecule has 3 nitrogen and oxygen atoms in total. The average Bonchev–Trinajstić information content (AvgIpc) is 2.42. The number of hydrogen-bond acceptors (Lipinski definition) is 3. The summed E-state index contributed by atoms with van der Waals surface area (Å²) in [6, 6.07) is 11.4. The van der Waals surface area contributed by atoms with Crippen LogP contribution in [0, 0.1) is 5.82 Å². The highest BCUT2D eigenvalue weighted by Crippen LogP contribution is 2.23. The Morgan fingerprint density at radius 2 is 1.79 bits per heavy atom. The lowest BCUT2D eigenvalue weighted by Crippen LogP contribution is -2.04. The summed E-state index contributed by atoms with van der Waals surface area (Å²) in [7, 11) is 0. The fourth-order valence-electron chi connectivity index (χ4n) is 1.72. The van der Waals surface area contributed by atoms with Crippen molar-refractivity contribution in [3.63, 3.8) is 0 Å². The SMILES string of the molecule is CCOC(=O)c1ccc(-c2ccc(N)c(F)c2)cc1. The van der Waals surface area contributed by atoms with E-state index in [1.807, 2.05) is 0 Å². The lowest BCUT2D eigenvalue weighted by atomic mass is 10.0. The minimum atomic E-state index is -0.452. The fourth-order valence-corrected chi connectivity index (χ4v) is 1.72. The van der Waals surface area contributed by atoms with E-state index in [1.54, 1.807) is 37.3 Å². The van der Waals surface area contributed by atoms with Crippen molar-refractivity contribution in [3.05, 3.63) is 53.8 Å². The molecular formula is C15H14FNO2. The van der Waals surface area contributed by atoms with Crippen LogP contribution in [-0.4, -0.2) is 12.6 Å². The second-order valence-corrected chi connectivity index (χ2v) is 4.03. The molecule has 0 spiro atoms. The molecular weight excluding hydrogens is 245 g/mol. The molecule has 0 bridgehead atoms. The molecule has 0 aliphatic carbocycles. The van der Waals surface area contributed by atoms with Gasteiger partial charge in [0.25, 0.3) is 0 Å². The van der Waals surface area contributed by atoms with E-state index in [-0.39, 0.29) is 11.7 Å². The Morgan fingerprint density at radius 1 is 1.16 bits per heavy atom. The zero-order valence-electron chi connectivity index (χ0n) is 10.5. The molecule has 4 heteroatoms. The number of nitrogens with two attached hydrogens (primary N) is 1. The average molecular weight is 259 g/mol. The van der Waals surface area contributed by atoms with Gasteiger partial charge in [0.2, 0.25) is 0 Å². The largest absolute Gasteiger partial charge is 0.462 e. The van der Waals surface area contributed by atoms with Gasteiger partial charge in [0.1, 0.15) is 5.82 Å². The van der Waals surface area contributed by atoms with E-state index in [0.29, 0.717) is 17.7 Å². The van der Waals surface area contributed by atoms with Crippen molar-refractivity contribution in [2.45, 2.75) is 6.92 Å². The summed E-state index contributed by atoms with van der Waals surface area (Å²) in [5.74, 6) is -0.815. The first-order valence-electron chi connectivity index (χ1n) is 5.94. The van der Waals surface area contributed by atoms with Crippen molar-refractivity contribution in [2.24, 2.45) is 0 Å². The summed E-state index contributed by atoms with van der Waals surface area (Å²) >= 11 is 0. The molecule has 19 heavy (non-hydrogen) atoms. The zero-order valence-corrected chi connectivity index (χ0v) is 10.5. The number of nitrogen functional groups attached to an aromatic ring is 1. The normalized spacial score (nSPS) is 10.2. The van der Waals surface area contributed by atoms with E-state index in [0.717, 1.165) is 5.56 Å². The van der Waals surface area contributed by atoms with E-state index in [2.05, 4.69) is 0 Å². The van der Waals surface area contributed by atoms with Gasteiger partial charge in [-0.05, 0) is 42.3 Å². The molecule has 2 aromatic carbocycles. The molecule has 0 aliphatic heterocycles. The summed E-state index contributed by atoms with van der Waals surface area (Å²) in [5, 5.41) is 0. The smallest absolute Gasteiger partial charge is 0.338 e. The molecule has 0 aromatic heterocycles. The summed E-state index contributed by atoms with van der Waals surface area (Å²) < 4.78 is 18.3. The van der Waals surface area contributed by atoms with Crippen LogP contribution in [0.4, 0.5) is 10.1 Å². The molecule has 0 heterocycles. The van der Waals surface area contributed by atoms with Crippen molar-refractivity contribution in [3.8, 4) is 11.1 Å². The number of hydrogen-bond donors (Lipinski definition) is 1. The van der Waals surface area contributed by atoms with E-state index in [1.165, 1.54) is 12.1 Å². The fraction of sp³-hybridized carbons (Fsp3) is 0.133. The number of carbonyl (C=O) groups is 1. The predicted octanol–water partition coefficient (Wildman–Crippen LogP) is 3.25. The maximum Gasteiger partial charge on any atom is 0.338 e. The molecule has 2 rings (SSSR count). The Kier molecular flexibility index (Phi) is 3.80. The van der Waals surface area contributed by atoms with Gasteiger partial charge >= 0.3 is 5.97 Å². The number of esters is 1. The summed E-state index contributed by atoms with van der Waals surface area (Å²) in [4.78, 5) is 11.5. The summed E-state index contributed by atoms with van der Waals surface area (Å²) in [5.41, 5.74) is 7.54. The van der Waals surface area contributed by atoms with Crippen molar-refractivity contribution in [1.29, 1.82) is 0 Å². The third-order valence-electron chi connectivity index (χ3n) is 2.73. The van der Waals surface area contributed by atoms with Gasteiger partial charge in [-0.2, -0.15) is 0 Å². The minimum absolute atomic E-state index is 0.117. The topological polar surface area (TPSA) is 52.3 Å². The number of rotatable bonds is 3. The number of benzene rings is 2. The Balaban J connectivity index is 2.27. The standard InChI is InChI=1S/C15H14FNO2/c1-2-19-15(18)11-5-3-10(4-6-11)12-7-8-14(17)13(16)9-12/h3-9H,2,17H2,1H3. The van der Waals surface area contributed by atoms with Crippen LogP contribution in [0.15, 0.2) is 42.5 Å². The molecule has 0 atom stereocenters. The number of anilines is 1. The molecule has 0 unspecified atom stereocenters. The maximum absolute atomic E-state index is 13.4. The van der Waals surface area contributed by atoms with Crippen LogP contribution in [0.2, 0.25) is 0 Å². The number of halogens is 1. The molecule has 98 valence electrons. The van der Waals surface area contributed by atoms with E-state index >= 15 is 0 Å². The Labute approximate surface area is 110 Å². The second kappa shape index (κ2) is 5.52. The van der Waals surface area contributed by atoms with Crippen molar-refractivity contribution >= 4 is 11.7 Å². The zero-order chi connectivity index (χ0) is 13.8. The molecule has 2 N–H and O–H groups in total. The van der Waals surface area contributed by atoms with E-state index < -0.39 is 5.82 Å². The first kappa shape index (κ1) is 13.1. The van der Waals surface area contributed by atoms with Gasteiger partial charge < -0.3 is 10.5 Å². The van der Waals surface area contributed by atoms with Crippen LogP contribution in [-0.2, 0) is 4.74 Å². The third-order valence-corrected chi connectivity index (χ3v) is 2.73. The monoisotopic (exact) mass is 259 g/mol. The highest BCUT2D eigenvalue weighted by Gasteiger charge is 2.07. The van der Waals surface area contributed by atoms with Gasteiger partial charge in [0.05, 0.1) is 17.9 Å². The van der Waals surface area contributed by atoms with Gasteiger partial charge in [-0.3, -0.25) is 0 Å². The molecule has 0 radical (unpaired) electrons. The van der Waals surface area contributed by atoms with Gasteiger partial charge in [0.15, 0.2) is 0 Å². The van der Waals surface area contributed by atoms with Crippen LogP contribution in [0.25, 0.3) is 11.1 Å². The van der Waals surface area contributed by atoms with Gasteiger partial charge in [-0.15, -0.1) is 0 Å². The molecule has 0 aliphatic rings. The Hall–Kier alpha value is -2.36. The first-order chi connectivity index (χ1) is 9.11. The lowest BCUT2D eigenvalue weighted by Gasteiger charge is -2.05. The maximum atomic E-state index is 13.4. The number of ether oxygens (including phenoxy) is 1. The van der Waals surface area contributed by atoms with Crippen molar-refractivity contribution < 1.29 is 13.9 Å². The van der Waals surface area contributed by atoms with Gasteiger partial charge in [0, 0.05) is 0 Å². The molecule has 0 saturated heterocycles. The molecule has 0 amide bonds. The summed E-state index contributed by atoms with van der Waals surface area (Å²) in [6.07, 6.45) is 0. The Bertz CT molecular complexity index is 594. The number of carbonyl (C=O) groups excluding carboxylic acids is 1. The van der Waals surface area contributed by atoms with Crippen LogP contribution >= 0.6 is 0 Å². The quantitative estimate of drug-likeness (QED) is 0.680. The second-order valence-electron chi connectivity index (χ2n) is 4.03. The van der Waals surface area contributed by atoms with Crippen LogP contribution < -0.4 is 5.73 Å².